The van der Waals surface area contributed by atoms with Crippen LogP contribution >= 0.6 is 0 Å². The largest absolute Gasteiger partial charge is 0.474 e. The number of nitrogens with two attached hydrogens (primary N) is 1. The standard InChI is InChI=1S/C26H30N4O4/c1-14-15(2)33-25(31)19-8-5-16(30-23(14)19)9-17-10-20-21(11-28-17)24(34-18-6-7-18)29-12-22(20)26(3,27)13-32-4/h5,8,10-12,14-15,18H,6-7,9,13,27H2,1-4H3/t14-,15-,26?/m0/s1. The van der Waals surface area contributed by atoms with Crippen molar-refractivity contribution in [1.29, 1.82) is 0 Å². The maximum absolute atomic E-state index is 12.2. The molecule has 1 aliphatic heterocycles. The molecule has 3 atom stereocenters. The van der Waals surface area contributed by atoms with Crippen molar-refractivity contribution < 1.29 is 19.0 Å². The maximum Gasteiger partial charge on any atom is 0.340 e. The predicted molar refractivity (Wildman–Crippen MR) is 127 cm³/mol. The molecular weight excluding hydrogens is 432 g/mol. The number of aromatic nitrogens is 3. The Morgan fingerprint density at radius 1 is 1.15 bits per heavy atom. The highest BCUT2D eigenvalue weighted by Gasteiger charge is 2.32. The predicted octanol–water partition coefficient (Wildman–Crippen LogP) is 3.64. The number of nitrogens with zero attached hydrogens (tertiary/aromatic N) is 3. The fourth-order valence-electron chi connectivity index (χ4n) is 4.40. The molecule has 178 valence electrons. The van der Waals surface area contributed by atoms with Gasteiger partial charge in [0.2, 0.25) is 5.88 Å². The molecule has 0 amide bonds. The van der Waals surface area contributed by atoms with E-state index in [1.807, 2.05) is 39.1 Å². The molecule has 0 saturated heterocycles. The number of hydrogen-bond acceptors (Lipinski definition) is 8. The Labute approximate surface area is 198 Å². The van der Waals surface area contributed by atoms with Gasteiger partial charge in [0.1, 0.15) is 12.2 Å². The maximum atomic E-state index is 12.2. The summed E-state index contributed by atoms with van der Waals surface area (Å²) in [5.74, 6) is 0.301. The van der Waals surface area contributed by atoms with E-state index in [1.165, 1.54) is 0 Å². The number of hydrogen-bond donors (Lipinski definition) is 1. The molecule has 0 bridgehead atoms. The zero-order valence-corrected chi connectivity index (χ0v) is 20.0. The summed E-state index contributed by atoms with van der Waals surface area (Å²) in [5, 5.41) is 1.78. The van der Waals surface area contributed by atoms with Gasteiger partial charge in [-0.05, 0) is 50.3 Å². The second-order valence-corrected chi connectivity index (χ2v) is 9.68. The quantitative estimate of drug-likeness (QED) is 0.530. The summed E-state index contributed by atoms with van der Waals surface area (Å²) >= 11 is 0. The molecule has 34 heavy (non-hydrogen) atoms. The van der Waals surface area contributed by atoms with E-state index in [2.05, 4.69) is 4.98 Å². The van der Waals surface area contributed by atoms with Crippen molar-refractivity contribution in [1.82, 2.24) is 15.0 Å². The van der Waals surface area contributed by atoms with E-state index in [1.54, 1.807) is 19.4 Å². The Morgan fingerprint density at radius 3 is 2.68 bits per heavy atom. The highest BCUT2D eigenvalue weighted by atomic mass is 16.5. The minimum absolute atomic E-state index is 0.0315. The van der Waals surface area contributed by atoms with Crippen molar-refractivity contribution in [2.75, 3.05) is 13.7 Å². The minimum atomic E-state index is -0.729. The molecule has 1 unspecified atom stereocenters. The molecule has 8 nitrogen and oxygen atoms in total. The lowest BCUT2D eigenvalue weighted by Crippen LogP contribution is -2.38. The third-order valence-corrected chi connectivity index (χ3v) is 6.65. The zero-order valence-electron chi connectivity index (χ0n) is 20.0. The molecule has 2 aliphatic rings. The number of cyclic esters (lactones) is 1. The molecule has 1 aliphatic carbocycles. The van der Waals surface area contributed by atoms with Crippen LogP contribution < -0.4 is 10.5 Å². The van der Waals surface area contributed by atoms with Gasteiger partial charge in [-0.2, -0.15) is 0 Å². The molecule has 0 radical (unpaired) electrons. The first-order valence-electron chi connectivity index (χ1n) is 11.7. The van der Waals surface area contributed by atoms with Crippen molar-refractivity contribution in [3.05, 3.63) is 58.8 Å². The third-order valence-electron chi connectivity index (χ3n) is 6.65. The normalized spacial score (nSPS) is 21.6. The van der Waals surface area contributed by atoms with Crippen molar-refractivity contribution in [2.24, 2.45) is 5.73 Å². The molecule has 0 aromatic carbocycles. The van der Waals surface area contributed by atoms with E-state index in [0.29, 0.717) is 24.5 Å². The van der Waals surface area contributed by atoms with Gasteiger partial charge >= 0.3 is 5.97 Å². The molecule has 3 aromatic rings. The number of esters is 1. The number of rotatable bonds is 7. The van der Waals surface area contributed by atoms with E-state index >= 15 is 0 Å². The van der Waals surface area contributed by atoms with E-state index in [4.69, 9.17) is 29.9 Å². The summed E-state index contributed by atoms with van der Waals surface area (Å²) in [6.45, 7) is 6.20. The van der Waals surface area contributed by atoms with Crippen LogP contribution in [-0.2, 0) is 21.4 Å². The van der Waals surface area contributed by atoms with Crippen LogP contribution in [-0.4, -0.2) is 46.8 Å². The summed E-state index contributed by atoms with van der Waals surface area (Å²) in [4.78, 5) is 26.3. The van der Waals surface area contributed by atoms with Crippen molar-refractivity contribution in [3.8, 4) is 5.88 Å². The highest BCUT2D eigenvalue weighted by molar-refractivity contribution is 5.92. The molecule has 1 saturated carbocycles. The Morgan fingerprint density at radius 2 is 1.94 bits per heavy atom. The summed E-state index contributed by atoms with van der Waals surface area (Å²) in [7, 11) is 1.64. The Hall–Kier alpha value is -3.10. The summed E-state index contributed by atoms with van der Waals surface area (Å²) in [5.41, 5.74) is 9.77. The van der Waals surface area contributed by atoms with Crippen LogP contribution in [0.15, 0.2) is 30.6 Å². The minimum Gasteiger partial charge on any atom is -0.474 e. The van der Waals surface area contributed by atoms with Gasteiger partial charge in [0.05, 0.1) is 28.8 Å². The second-order valence-electron chi connectivity index (χ2n) is 9.68. The Kier molecular flexibility index (Phi) is 5.73. The molecule has 0 spiro atoms. The number of pyridine rings is 3. The van der Waals surface area contributed by atoms with Crippen LogP contribution in [0.2, 0.25) is 0 Å². The molecule has 5 rings (SSSR count). The Balaban J connectivity index is 1.54. The lowest BCUT2D eigenvalue weighted by molar-refractivity contribution is 0.0234. The summed E-state index contributed by atoms with van der Waals surface area (Å²) < 4.78 is 16.8. The van der Waals surface area contributed by atoms with Crippen LogP contribution in [0, 0.1) is 0 Å². The van der Waals surface area contributed by atoms with Gasteiger partial charge in [-0.15, -0.1) is 0 Å². The third kappa shape index (κ3) is 4.23. The lowest BCUT2D eigenvalue weighted by atomic mass is 9.91. The average molecular weight is 463 g/mol. The number of fused-ring (bicyclic) bond motifs is 2. The van der Waals surface area contributed by atoms with E-state index < -0.39 is 5.54 Å². The first-order valence-corrected chi connectivity index (χ1v) is 11.7. The average Bonchev–Trinajstić information content (AvgIpc) is 3.61. The van der Waals surface area contributed by atoms with Crippen LogP contribution in [0.4, 0.5) is 0 Å². The first-order chi connectivity index (χ1) is 16.3. The van der Waals surface area contributed by atoms with Gasteiger partial charge in [0.25, 0.3) is 0 Å². The topological polar surface area (TPSA) is 109 Å². The zero-order chi connectivity index (χ0) is 24.0. The van der Waals surface area contributed by atoms with Crippen molar-refractivity contribution in [3.63, 3.8) is 0 Å². The monoisotopic (exact) mass is 462 g/mol. The number of carbonyl (C=O) groups excluding carboxylic acids is 1. The van der Waals surface area contributed by atoms with Crippen LogP contribution in [0.3, 0.4) is 0 Å². The fourth-order valence-corrected chi connectivity index (χ4v) is 4.40. The van der Waals surface area contributed by atoms with E-state index in [9.17, 15) is 4.79 Å². The van der Waals surface area contributed by atoms with Crippen LogP contribution in [0.25, 0.3) is 10.8 Å². The molecule has 4 heterocycles. The molecule has 8 heteroatoms. The van der Waals surface area contributed by atoms with Gasteiger partial charge < -0.3 is 19.9 Å². The Bertz CT molecular complexity index is 1260. The second kappa shape index (κ2) is 8.60. The number of methoxy groups -OCH3 is 1. The molecular formula is C26H30N4O4. The van der Waals surface area contributed by atoms with Gasteiger partial charge in [-0.25, -0.2) is 9.78 Å². The van der Waals surface area contributed by atoms with Gasteiger partial charge in [-0.3, -0.25) is 9.97 Å². The van der Waals surface area contributed by atoms with E-state index in [-0.39, 0.29) is 24.1 Å². The molecule has 3 aromatic heterocycles. The SMILES string of the molecule is COCC(C)(N)c1cnc(OC2CC2)c2cnc(Cc3ccc4c(n3)[C@@H](C)[C@H](C)OC4=O)cc12. The van der Waals surface area contributed by atoms with E-state index in [0.717, 1.165) is 46.3 Å². The molecule has 1 fully saturated rings. The summed E-state index contributed by atoms with van der Waals surface area (Å²) in [6, 6.07) is 5.70. The highest BCUT2D eigenvalue weighted by Crippen LogP contribution is 2.35. The smallest absolute Gasteiger partial charge is 0.340 e. The van der Waals surface area contributed by atoms with Crippen molar-refractivity contribution in [2.45, 2.75) is 63.7 Å². The molecule has 2 N–H and O–H groups in total. The van der Waals surface area contributed by atoms with Crippen LogP contribution in [0.1, 0.15) is 72.5 Å². The first kappa shape index (κ1) is 22.7. The number of ether oxygens (including phenoxy) is 3. The fraction of sp³-hybridized carbons (Fsp3) is 0.462. The number of carbonyl (C=O) groups is 1. The van der Waals surface area contributed by atoms with Crippen LogP contribution in [0.5, 0.6) is 5.88 Å². The summed E-state index contributed by atoms with van der Waals surface area (Å²) in [6.07, 6.45) is 6.22. The van der Waals surface area contributed by atoms with Gasteiger partial charge in [0, 0.05) is 48.8 Å². The van der Waals surface area contributed by atoms with Gasteiger partial charge in [0.15, 0.2) is 0 Å². The lowest BCUT2D eigenvalue weighted by Gasteiger charge is -2.27. The van der Waals surface area contributed by atoms with Crippen molar-refractivity contribution >= 4 is 16.7 Å². The van der Waals surface area contributed by atoms with Gasteiger partial charge in [-0.1, -0.05) is 6.92 Å².